The van der Waals surface area contributed by atoms with Crippen molar-refractivity contribution in [2.75, 3.05) is 0 Å². The highest BCUT2D eigenvalue weighted by atomic mass is 79.9. The highest BCUT2D eigenvalue weighted by molar-refractivity contribution is 9.08. The van der Waals surface area contributed by atoms with Crippen LogP contribution in [-0.2, 0) is 5.33 Å². The molecule has 0 aromatic heterocycles. The average Bonchev–Trinajstić information content (AvgIpc) is 2.29. The number of hydrogen-bond donors (Lipinski definition) is 0. The molecule has 0 aliphatic rings. The van der Waals surface area contributed by atoms with Crippen LogP contribution >= 0.6 is 27.5 Å². The molecule has 0 saturated carbocycles. The zero-order valence-corrected chi connectivity index (χ0v) is 11.8. The predicted molar refractivity (Wildman–Crippen MR) is 75.3 cm³/mol. The van der Waals surface area contributed by atoms with Crippen molar-refractivity contribution < 1.29 is 4.74 Å². The molecule has 88 valence electrons. The van der Waals surface area contributed by atoms with Gasteiger partial charge in [0, 0.05) is 10.4 Å². The maximum Gasteiger partial charge on any atom is 0.128 e. The van der Waals surface area contributed by atoms with Gasteiger partial charge in [-0.05, 0) is 48.4 Å². The molecule has 0 fully saturated rings. The van der Waals surface area contributed by atoms with E-state index in [4.69, 9.17) is 16.3 Å². The lowest BCUT2D eigenvalue weighted by atomic mass is 10.1. The van der Waals surface area contributed by atoms with E-state index >= 15 is 0 Å². The van der Waals surface area contributed by atoms with Crippen LogP contribution in [0.3, 0.4) is 0 Å². The molecular formula is C14H12BrClO. The van der Waals surface area contributed by atoms with Crippen LogP contribution in [0.25, 0.3) is 0 Å². The summed E-state index contributed by atoms with van der Waals surface area (Å²) in [5.74, 6) is 1.58. The van der Waals surface area contributed by atoms with Crippen LogP contribution in [0.4, 0.5) is 0 Å². The molecule has 0 saturated heterocycles. The Hall–Kier alpha value is -0.990. The summed E-state index contributed by atoms with van der Waals surface area (Å²) >= 11 is 9.35. The van der Waals surface area contributed by atoms with Crippen molar-refractivity contribution in [2.24, 2.45) is 0 Å². The Labute approximate surface area is 115 Å². The minimum atomic E-state index is 0.677. The number of benzene rings is 2. The average molecular weight is 312 g/mol. The first-order valence-electron chi connectivity index (χ1n) is 5.28. The largest absolute Gasteiger partial charge is 0.457 e. The van der Waals surface area contributed by atoms with Crippen LogP contribution in [0, 0.1) is 6.92 Å². The van der Waals surface area contributed by atoms with E-state index in [0.717, 1.165) is 16.8 Å². The van der Waals surface area contributed by atoms with Crippen molar-refractivity contribution in [2.45, 2.75) is 12.3 Å². The quantitative estimate of drug-likeness (QED) is 0.696. The van der Waals surface area contributed by atoms with Crippen LogP contribution in [0.15, 0.2) is 42.5 Å². The molecule has 3 heteroatoms. The summed E-state index contributed by atoms with van der Waals surface area (Å²) in [6.07, 6.45) is 0. The zero-order chi connectivity index (χ0) is 12.3. The molecule has 0 N–H and O–H groups in total. The van der Waals surface area contributed by atoms with E-state index in [1.54, 1.807) is 6.07 Å². The molecular weight excluding hydrogens is 300 g/mol. The Kier molecular flexibility index (Phi) is 4.08. The van der Waals surface area contributed by atoms with Gasteiger partial charge < -0.3 is 4.74 Å². The highest BCUT2D eigenvalue weighted by Gasteiger charge is 2.01. The number of halogens is 2. The van der Waals surface area contributed by atoms with E-state index in [1.807, 2.05) is 30.3 Å². The first kappa shape index (κ1) is 12.5. The van der Waals surface area contributed by atoms with E-state index in [9.17, 15) is 0 Å². The fraction of sp³-hybridized carbons (Fsp3) is 0.143. The van der Waals surface area contributed by atoms with Gasteiger partial charge in [-0.3, -0.25) is 0 Å². The molecule has 0 atom stereocenters. The summed E-state index contributed by atoms with van der Waals surface area (Å²) in [6, 6.07) is 13.4. The van der Waals surface area contributed by atoms with Gasteiger partial charge in [-0.2, -0.15) is 0 Å². The molecule has 0 spiro atoms. The number of aryl methyl sites for hydroxylation is 1. The molecule has 0 radical (unpaired) electrons. The second-order valence-electron chi connectivity index (χ2n) is 3.78. The van der Waals surface area contributed by atoms with Crippen LogP contribution in [-0.4, -0.2) is 0 Å². The van der Waals surface area contributed by atoms with Crippen molar-refractivity contribution in [1.29, 1.82) is 0 Å². The van der Waals surface area contributed by atoms with Crippen molar-refractivity contribution in [3.05, 3.63) is 58.6 Å². The summed E-state index contributed by atoms with van der Waals surface area (Å²) in [5.41, 5.74) is 2.48. The maximum absolute atomic E-state index is 5.90. The SMILES string of the molecule is Cc1cc(Oc2cccc(Cl)c2)ccc1CBr. The Morgan fingerprint density at radius 1 is 1.12 bits per heavy atom. The molecule has 17 heavy (non-hydrogen) atoms. The highest BCUT2D eigenvalue weighted by Crippen LogP contribution is 2.26. The topological polar surface area (TPSA) is 9.23 Å². The third-order valence-corrected chi connectivity index (χ3v) is 3.33. The second-order valence-corrected chi connectivity index (χ2v) is 4.78. The van der Waals surface area contributed by atoms with Crippen LogP contribution in [0.2, 0.25) is 5.02 Å². The molecule has 2 rings (SSSR count). The van der Waals surface area contributed by atoms with Crippen molar-refractivity contribution in [3.63, 3.8) is 0 Å². The molecule has 0 aliphatic carbocycles. The van der Waals surface area contributed by atoms with Gasteiger partial charge >= 0.3 is 0 Å². The molecule has 0 bridgehead atoms. The minimum absolute atomic E-state index is 0.677. The summed E-state index contributed by atoms with van der Waals surface area (Å²) < 4.78 is 5.74. The van der Waals surface area contributed by atoms with E-state index in [-0.39, 0.29) is 0 Å². The molecule has 0 amide bonds. The lowest BCUT2D eigenvalue weighted by Gasteiger charge is -2.08. The Morgan fingerprint density at radius 3 is 2.53 bits per heavy atom. The summed E-state index contributed by atoms with van der Waals surface area (Å²) in [7, 11) is 0. The van der Waals surface area contributed by atoms with Gasteiger partial charge in [-0.15, -0.1) is 0 Å². The third kappa shape index (κ3) is 3.24. The number of hydrogen-bond acceptors (Lipinski definition) is 1. The van der Waals surface area contributed by atoms with Gasteiger partial charge in [-0.1, -0.05) is 39.7 Å². The van der Waals surface area contributed by atoms with Crippen LogP contribution in [0.1, 0.15) is 11.1 Å². The van der Waals surface area contributed by atoms with Gasteiger partial charge in [0.2, 0.25) is 0 Å². The van der Waals surface area contributed by atoms with Crippen molar-refractivity contribution >= 4 is 27.5 Å². The number of alkyl halides is 1. The molecule has 2 aromatic carbocycles. The zero-order valence-electron chi connectivity index (χ0n) is 9.41. The molecule has 0 heterocycles. The Balaban J connectivity index is 2.22. The van der Waals surface area contributed by atoms with Crippen molar-refractivity contribution in [3.8, 4) is 11.5 Å². The second kappa shape index (κ2) is 5.56. The maximum atomic E-state index is 5.90. The monoisotopic (exact) mass is 310 g/mol. The van der Waals surface area contributed by atoms with E-state index < -0.39 is 0 Å². The fourth-order valence-electron chi connectivity index (χ4n) is 1.55. The Bertz CT molecular complexity index is 525. The van der Waals surface area contributed by atoms with Gasteiger partial charge in [0.25, 0.3) is 0 Å². The normalized spacial score (nSPS) is 10.3. The number of ether oxygens (including phenoxy) is 1. The predicted octanol–water partition coefficient (Wildman–Crippen LogP) is 5.34. The first-order chi connectivity index (χ1) is 8.19. The fourth-order valence-corrected chi connectivity index (χ4v) is 2.36. The van der Waals surface area contributed by atoms with Gasteiger partial charge in [0.15, 0.2) is 0 Å². The molecule has 0 aliphatic heterocycles. The van der Waals surface area contributed by atoms with Crippen LogP contribution in [0.5, 0.6) is 11.5 Å². The Morgan fingerprint density at radius 2 is 1.88 bits per heavy atom. The van der Waals surface area contributed by atoms with Gasteiger partial charge in [0.05, 0.1) is 0 Å². The summed E-state index contributed by atoms with van der Waals surface area (Å²) in [6.45, 7) is 2.07. The third-order valence-electron chi connectivity index (χ3n) is 2.49. The standard InChI is InChI=1S/C14H12BrClO/c1-10-7-14(6-5-11(10)9-15)17-13-4-2-3-12(16)8-13/h2-8H,9H2,1H3. The first-order valence-corrected chi connectivity index (χ1v) is 6.78. The minimum Gasteiger partial charge on any atom is -0.457 e. The number of rotatable bonds is 3. The summed E-state index contributed by atoms with van der Waals surface area (Å²) in [5, 5.41) is 1.53. The lowest BCUT2D eigenvalue weighted by molar-refractivity contribution is 0.482. The smallest absolute Gasteiger partial charge is 0.128 e. The van der Waals surface area contributed by atoms with Crippen molar-refractivity contribution in [1.82, 2.24) is 0 Å². The van der Waals surface area contributed by atoms with E-state index in [1.165, 1.54) is 11.1 Å². The van der Waals surface area contributed by atoms with Gasteiger partial charge in [-0.25, -0.2) is 0 Å². The lowest BCUT2D eigenvalue weighted by Crippen LogP contribution is -1.88. The molecule has 1 nitrogen and oxygen atoms in total. The van der Waals surface area contributed by atoms with Crippen LogP contribution < -0.4 is 4.74 Å². The van der Waals surface area contributed by atoms with E-state index in [0.29, 0.717) is 5.02 Å². The molecule has 0 unspecified atom stereocenters. The van der Waals surface area contributed by atoms with E-state index in [2.05, 4.69) is 28.9 Å². The summed E-state index contributed by atoms with van der Waals surface area (Å²) in [4.78, 5) is 0. The molecule has 2 aromatic rings. The van der Waals surface area contributed by atoms with Gasteiger partial charge in [0.1, 0.15) is 11.5 Å².